The van der Waals surface area contributed by atoms with E-state index < -0.39 is 24.1 Å². The lowest BCUT2D eigenvalue weighted by Gasteiger charge is -2.25. The third kappa shape index (κ3) is 1.56. The van der Waals surface area contributed by atoms with E-state index in [1.165, 1.54) is 0 Å². The van der Waals surface area contributed by atoms with Crippen molar-refractivity contribution in [3.05, 3.63) is 36.5 Å². The number of aliphatic hydroxyl groups is 1. The Balaban J connectivity index is 2.08. The number of ether oxygens (including phenoxy) is 1. The molecule has 0 unspecified atom stereocenters. The summed E-state index contributed by atoms with van der Waals surface area (Å²) in [6.45, 7) is 11.5. The SMILES string of the molecule is C=C1C(=O)C[C@H]2C(=C)C[C@@H](O)[C@H]3C(=C)C(=O)O[C@@H]3[C@@H]12. The summed E-state index contributed by atoms with van der Waals surface area (Å²) >= 11 is 0. The lowest BCUT2D eigenvalue weighted by molar-refractivity contribution is -0.141. The first-order valence-corrected chi connectivity index (χ1v) is 6.39. The highest BCUT2D eigenvalue weighted by Gasteiger charge is 2.55. The Morgan fingerprint density at radius 2 is 1.74 bits per heavy atom. The van der Waals surface area contributed by atoms with Crippen LogP contribution in [0, 0.1) is 17.8 Å². The first-order chi connectivity index (χ1) is 8.91. The molecule has 19 heavy (non-hydrogen) atoms. The Labute approximate surface area is 111 Å². The molecule has 3 aliphatic rings. The fraction of sp³-hybridized carbons (Fsp3) is 0.467. The van der Waals surface area contributed by atoms with Crippen LogP contribution < -0.4 is 0 Å². The van der Waals surface area contributed by atoms with Crippen LogP contribution in [0.2, 0.25) is 0 Å². The van der Waals surface area contributed by atoms with Gasteiger partial charge in [-0.05, 0) is 17.9 Å². The van der Waals surface area contributed by atoms with E-state index in [0.29, 0.717) is 18.4 Å². The number of fused-ring (bicyclic) bond motifs is 3. The average Bonchev–Trinajstić information content (AvgIpc) is 2.75. The lowest BCUT2D eigenvalue weighted by atomic mass is 9.81. The van der Waals surface area contributed by atoms with E-state index in [1.807, 2.05) is 0 Å². The number of esters is 1. The molecule has 2 aliphatic carbocycles. The molecular formula is C15H16O4. The summed E-state index contributed by atoms with van der Waals surface area (Å²) in [5, 5.41) is 10.3. The molecule has 0 aromatic rings. The highest BCUT2D eigenvalue weighted by Crippen LogP contribution is 2.50. The van der Waals surface area contributed by atoms with Gasteiger partial charge in [0.1, 0.15) is 6.10 Å². The minimum atomic E-state index is -0.732. The lowest BCUT2D eigenvalue weighted by Crippen LogP contribution is -2.33. The van der Waals surface area contributed by atoms with Gasteiger partial charge in [-0.2, -0.15) is 0 Å². The van der Waals surface area contributed by atoms with Gasteiger partial charge in [0.15, 0.2) is 5.78 Å². The molecule has 0 bridgehead atoms. The molecule has 0 aromatic heterocycles. The van der Waals surface area contributed by atoms with Gasteiger partial charge in [-0.15, -0.1) is 0 Å². The second-order valence-corrected chi connectivity index (χ2v) is 5.64. The molecule has 1 aliphatic heterocycles. The van der Waals surface area contributed by atoms with E-state index in [4.69, 9.17) is 4.74 Å². The van der Waals surface area contributed by atoms with Gasteiger partial charge < -0.3 is 9.84 Å². The van der Waals surface area contributed by atoms with Crippen LogP contribution in [0.1, 0.15) is 12.8 Å². The Kier molecular flexibility index (Phi) is 2.54. The van der Waals surface area contributed by atoms with E-state index in [0.717, 1.165) is 5.57 Å². The molecule has 5 atom stereocenters. The zero-order valence-corrected chi connectivity index (χ0v) is 10.6. The number of carbonyl (C=O) groups is 2. The summed E-state index contributed by atoms with van der Waals surface area (Å²) in [5.74, 6) is -1.28. The molecule has 1 heterocycles. The number of hydrogen-bond acceptors (Lipinski definition) is 4. The summed E-state index contributed by atoms with van der Waals surface area (Å²) in [7, 11) is 0. The number of ketones is 1. The number of carbonyl (C=O) groups excluding carboxylic acids is 2. The van der Waals surface area contributed by atoms with Crippen LogP contribution in [0.5, 0.6) is 0 Å². The van der Waals surface area contributed by atoms with Gasteiger partial charge in [-0.1, -0.05) is 25.3 Å². The maximum atomic E-state index is 11.9. The summed E-state index contributed by atoms with van der Waals surface area (Å²) in [6, 6.07) is 0. The Hall–Kier alpha value is -1.68. The average molecular weight is 260 g/mol. The molecule has 0 amide bonds. The van der Waals surface area contributed by atoms with Gasteiger partial charge in [-0.25, -0.2) is 4.79 Å². The van der Waals surface area contributed by atoms with Crippen molar-refractivity contribution < 1.29 is 19.4 Å². The van der Waals surface area contributed by atoms with Gasteiger partial charge in [0.25, 0.3) is 0 Å². The second-order valence-electron chi connectivity index (χ2n) is 5.64. The molecule has 4 heteroatoms. The van der Waals surface area contributed by atoms with E-state index >= 15 is 0 Å². The number of hydrogen-bond donors (Lipinski definition) is 1. The van der Waals surface area contributed by atoms with Gasteiger partial charge in [-0.3, -0.25) is 4.79 Å². The van der Waals surface area contributed by atoms with Gasteiger partial charge in [0, 0.05) is 17.9 Å². The van der Waals surface area contributed by atoms with Crippen molar-refractivity contribution in [2.45, 2.75) is 25.0 Å². The first-order valence-electron chi connectivity index (χ1n) is 6.39. The molecule has 3 fully saturated rings. The molecule has 2 saturated carbocycles. The van der Waals surface area contributed by atoms with Gasteiger partial charge >= 0.3 is 5.97 Å². The third-order valence-electron chi connectivity index (χ3n) is 4.63. The monoisotopic (exact) mass is 260 g/mol. The number of Topliss-reactive ketones (excluding diaryl/α,β-unsaturated/α-hetero) is 1. The number of rotatable bonds is 0. The molecule has 0 spiro atoms. The zero-order chi connectivity index (χ0) is 13.9. The van der Waals surface area contributed by atoms with Gasteiger partial charge in [0.05, 0.1) is 12.0 Å². The maximum absolute atomic E-state index is 11.9. The van der Waals surface area contributed by atoms with E-state index in [9.17, 15) is 14.7 Å². The summed E-state index contributed by atoms with van der Waals surface area (Å²) in [5.41, 5.74) is 1.61. The molecular weight excluding hydrogens is 244 g/mol. The largest absolute Gasteiger partial charge is 0.458 e. The summed E-state index contributed by atoms with van der Waals surface area (Å²) in [4.78, 5) is 23.6. The molecule has 100 valence electrons. The normalized spacial score (nSPS) is 41.9. The van der Waals surface area contributed by atoms with Crippen LogP contribution in [0.4, 0.5) is 0 Å². The predicted octanol–water partition coefficient (Wildman–Crippen LogP) is 1.17. The van der Waals surface area contributed by atoms with Crippen molar-refractivity contribution in [2.75, 3.05) is 0 Å². The second kappa shape index (κ2) is 3.90. The Morgan fingerprint density at radius 1 is 1.05 bits per heavy atom. The molecule has 1 saturated heterocycles. The van der Waals surface area contributed by atoms with Crippen molar-refractivity contribution in [1.82, 2.24) is 0 Å². The Bertz CT molecular complexity index is 530. The molecule has 1 N–H and O–H groups in total. The highest BCUT2D eigenvalue weighted by atomic mass is 16.6. The highest BCUT2D eigenvalue weighted by molar-refractivity contribution is 5.99. The maximum Gasteiger partial charge on any atom is 0.334 e. The van der Waals surface area contributed by atoms with Crippen molar-refractivity contribution in [3.8, 4) is 0 Å². The van der Waals surface area contributed by atoms with Crippen molar-refractivity contribution in [1.29, 1.82) is 0 Å². The predicted molar refractivity (Wildman–Crippen MR) is 68.0 cm³/mol. The van der Waals surface area contributed by atoms with E-state index in [2.05, 4.69) is 19.7 Å². The van der Waals surface area contributed by atoms with Gasteiger partial charge in [0.2, 0.25) is 0 Å². The summed E-state index contributed by atoms with van der Waals surface area (Å²) in [6.07, 6.45) is -0.538. The standard InChI is InChI=1S/C15H16O4/c1-6-4-11(17)13-8(3)15(18)19-14(13)12-7(2)10(16)5-9(6)12/h9,11-14,17H,1-5H2/t9-,11+,12-,13+,14+/m0/s1. The zero-order valence-electron chi connectivity index (χ0n) is 10.6. The first kappa shape index (κ1) is 12.4. The minimum Gasteiger partial charge on any atom is -0.458 e. The molecule has 0 radical (unpaired) electrons. The third-order valence-corrected chi connectivity index (χ3v) is 4.63. The van der Waals surface area contributed by atoms with Crippen molar-refractivity contribution in [2.24, 2.45) is 17.8 Å². The van der Waals surface area contributed by atoms with Crippen LogP contribution in [-0.2, 0) is 14.3 Å². The van der Waals surface area contributed by atoms with Crippen molar-refractivity contribution in [3.63, 3.8) is 0 Å². The van der Waals surface area contributed by atoms with Crippen molar-refractivity contribution >= 4 is 11.8 Å². The van der Waals surface area contributed by atoms with E-state index in [1.54, 1.807) is 0 Å². The smallest absolute Gasteiger partial charge is 0.334 e. The fourth-order valence-corrected chi connectivity index (χ4v) is 3.61. The topological polar surface area (TPSA) is 63.6 Å². The van der Waals surface area contributed by atoms with Crippen LogP contribution in [0.25, 0.3) is 0 Å². The van der Waals surface area contributed by atoms with Crippen LogP contribution >= 0.6 is 0 Å². The minimum absolute atomic E-state index is 0.000138. The van der Waals surface area contributed by atoms with E-state index in [-0.39, 0.29) is 23.2 Å². The molecule has 4 nitrogen and oxygen atoms in total. The van der Waals surface area contributed by atoms with Crippen LogP contribution in [0.15, 0.2) is 36.5 Å². The van der Waals surface area contributed by atoms with Crippen LogP contribution in [0.3, 0.4) is 0 Å². The summed E-state index contributed by atoms with van der Waals surface area (Å²) < 4.78 is 5.36. The molecule has 3 rings (SSSR count). The van der Waals surface area contributed by atoms with Crippen LogP contribution in [-0.4, -0.2) is 29.1 Å². The quantitative estimate of drug-likeness (QED) is 0.403. The molecule has 0 aromatic carbocycles. The number of aliphatic hydroxyl groups excluding tert-OH is 1. The Morgan fingerprint density at radius 3 is 2.42 bits per heavy atom. The fourth-order valence-electron chi connectivity index (χ4n) is 3.61.